The average Bonchev–Trinajstić information content (AvgIpc) is 2.73. The second-order valence-corrected chi connectivity index (χ2v) is 2.70. The quantitative estimate of drug-likeness (QED) is 0.572. The number of carbonyl (C=O) groups excluding carboxylic acids is 1. The molecule has 0 saturated heterocycles. The topological polar surface area (TPSA) is 52.3 Å². The molecule has 0 bridgehead atoms. The van der Waals surface area contributed by atoms with Gasteiger partial charge in [0.15, 0.2) is 0 Å². The summed E-state index contributed by atoms with van der Waals surface area (Å²) < 4.78 is 4.59. The lowest BCUT2D eigenvalue weighted by Crippen LogP contribution is -2.26. The normalized spacial score (nSPS) is 20.2. The maximum Gasteiger partial charge on any atom is 0.310 e. The fraction of sp³-hybridized carbons (Fsp3) is 0.857. The van der Waals surface area contributed by atoms with Crippen molar-refractivity contribution in [2.24, 2.45) is 17.6 Å². The van der Waals surface area contributed by atoms with Crippen molar-refractivity contribution in [1.29, 1.82) is 0 Å². The van der Waals surface area contributed by atoms with E-state index in [0.29, 0.717) is 12.5 Å². The van der Waals surface area contributed by atoms with E-state index in [0.717, 1.165) is 12.8 Å². The first-order valence-corrected chi connectivity index (χ1v) is 3.57. The molecular weight excluding hydrogens is 130 g/mol. The Kier molecular flexibility index (Phi) is 2.27. The minimum Gasteiger partial charge on any atom is -0.469 e. The fourth-order valence-electron chi connectivity index (χ4n) is 1.13. The molecule has 1 fully saturated rings. The van der Waals surface area contributed by atoms with Crippen LogP contribution in [-0.2, 0) is 9.53 Å². The Balaban J connectivity index is 2.38. The second kappa shape index (κ2) is 3.01. The van der Waals surface area contributed by atoms with Gasteiger partial charge in [0, 0.05) is 6.54 Å². The molecule has 0 radical (unpaired) electrons. The second-order valence-electron chi connectivity index (χ2n) is 2.70. The first-order chi connectivity index (χ1) is 4.79. The Hall–Kier alpha value is -0.570. The highest BCUT2D eigenvalue weighted by Gasteiger charge is 2.35. The molecule has 3 nitrogen and oxygen atoms in total. The molecule has 3 heteroatoms. The summed E-state index contributed by atoms with van der Waals surface area (Å²) in [6, 6.07) is 0. The third kappa shape index (κ3) is 1.48. The van der Waals surface area contributed by atoms with E-state index in [-0.39, 0.29) is 11.9 Å². The van der Waals surface area contributed by atoms with Crippen LogP contribution in [0.15, 0.2) is 0 Å². The molecule has 0 spiro atoms. The van der Waals surface area contributed by atoms with E-state index in [2.05, 4.69) is 4.74 Å². The fourth-order valence-corrected chi connectivity index (χ4v) is 1.13. The van der Waals surface area contributed by atoms with Gasteiger partial charge in [-0.15, -0.1) is 0 Å². The summed E-state index contributed by atoms with van der Waals surface area (Å²) in [5.41, 5.74) is 5.39. The predicted molar refractivity (Wildman–Crippen MR) is 37.3 cm³/mol. The predicted octanol–water partition coefficient (Wildman–Crippen LogP) is 0.144. The van der Waals surface area contributed by atoms with Crippen LogP contribution in [0.25, 0.3) is 0 Å². The van der Waals surface area contributed by atoms with Gasteiger partial charge in [-0.1, -0.05) is 0 Å². The van der Waals surface area contributed by atoms with E-state index >= 15 is 0 Å². The third-order valence-electron chi connectivity index (χ3n) is 1.95. The van der Waals surface area contributed by atoms with Crippen molar-refractivity contribution in [3.63, 3.8) is 0 Å². The zero-order valence-corrected chi connectivity index (χ0v) is 6.17. The van der Waals surface area contributed by atoms with E-state index in [4.69, 9.17) is 5.73 Å². The summed E-state index contributed by atoms with van der Waals surface area (Å²) in [4.78, 5) is 10.9. The Labute approximate surface area is 60.5 Å². The first kappa shape index (κ1) is 7.54. The number of carbonyl (C=O) groups is 1. The van der Waals surface area contributed by atoms with E-state index in [1.807, 2.05) is 0 Å². The molecule has 1 atom stereocenters. The molecule has 58 valence electrons. The maximum atomic E-state index is 10.9. The van der Waals surface area contributed by atoms with Gasteiger partial charge >= 0.3 is 5.97 Å². The van der Waals surface area contributed by atoms with E-state index in [1.165, 1.54) is 7.11 Å². The Bertz CT molecular complexity index is 132. The number of hydrogen-bond donors (Lipinski definition) is 1. The third-order valence-corrected chi connectivity index (χ3v) is 1.95. The molecule has 0 aromatic carbocycles. The molecular formula is C7H13NO2. The van der Waals surface area contributed by atoms with Crippen molar-refractivity contribution in [2.75, 3.05) is 13.7 Å². The molecule has 1 rings (SSSR count). The van der Waals surface area contributed by atoms with Gasteiger partial charge in [0.1, 0.15) is 0 Å². The van der Waals surface area contributed by atoms with Crippen LogP contribution < -0.4 is 5.73 Å². The van der Waals surface area contributed by atoms with Crippen molar-refractivity contribution in [3.05, 3.63) is 0 Å². The molecule has 0 heterocycles. The summed E-state index contributed by atoms with van der Waals surface area (Å²) in [7, 11) is 1.41. The van der Waals surface area contributed by atoms with Gasteiger partial charge in [0.2, 0.25) is 0 Å². The largest absolute Gasteiger partial charge is 0.469 e. The number of hydrogen-bond acceptors (Lipinski definition) is 3. The molecule has 10 heavy (non-hydrogen) atoms. The van der Waals surface area contributed by atoms with Crippen molar-refractivity contribution in [3.8, 4) is 0 Å². The van der Waals surface area contributed by atoms with Crippen LogP contribution in [0.4, 0.5) is 0 Å². The van der Waals surface area contributed by atoms with Crippen molar-refractivity contribution >= 4 is 5.97 Å². The standard InChI is InChI=1S/C7H13NO2/c1-10-7(9)6(4-8)5-2-3-5/h5-6H,2-4,8H2,1H3. The molecule has 0 amide bonds. The molecule has 1 unspecified atom stereocenters. The van der Waals surface area contributed by atoms with Gasteiger partial charge in [-0.25, -0.2) is 0 Å². The van der Waals surface area contributed by atoms with E-state index in [1.54, 1.807) is 0 Å². The minimum absolute atomic E-state index is 0.0370. The summed E-state index contributed by atoms with van der Waals surface area (Å²) in [6.07, 6.45) is 2.27. The molecule has 0 aromatic rings. The number of rotatable bonds is 3. The van der Waals surface area contributed by atoms with Gasteiger partial charge < -0.3 is 10.5 Å². The SMILES string of the molecule is COC(=O)C(CN)C1CC1. The monoisotopic (exact) mass is 143 g/mol. The lowest BCUT2D eigenvalue weighted by molar-refractivity contribution is -0.145. The van der Waals surface area contributed by atoms with Crippen molar-refractivity contribution < 1.29 is 9.53 Å². The van der Waals surface area contributed by atoms with Crippen LogP contribution in [0.1, 0.15) is 12.8 Å². The Morgan fingerprint density at radius 2 is 2.40 bits per heavy atom. The summed E-state index contributed by atoms with van der Waals surface area (Å²) >= 11 is 0. The molecule has 1 aliphatic rings. The molecule has 0 aromatic heterocycles. The van der Waals surface area contributed by atoms with Gasteiger partial charge in [-0.2, -0.15) is 0 Å². The lowest BCUT2D eigenvalue weighted by Gasteiger charge is -2.09. The molecule has 0 aliphatic heterocycles. The van der Waals surface area contributed by atoms with E-state index < -0.39 is 0 Å². The van der Waals surface area contributed by atoms with Gasteiger partial charge in [0.05, 0.1) is 13.0 Å². The van der Waals surface area contributed by atoms with Crippen LogP contribution in [0.3, 0.4) is 0 Å². The van der Waals surface area contributed by atoms with E-state index in [9.17, 15) is 4.79 Å². The van der Waals surface area contributed by atoms with Crippen LogP contribution in [0.5, 0.6) is 0 Å². The van der Waals surface area contributed by atoms with Gasteiger partial charge in [0.25, 0.3) is 0 Å². The van der Waals surface area contributed by atoms with Crippen molar-refractivity contribution in [2.45, 2.75) is 12.8 Å². The Morgan fingerprint density at radius 3 is 2.70 bits per heavy atom. The zero-order valence-electron chi connectivity index (χ0n) is 6.17. The van der Waals surface area contributed by atoms with Crippen LogP contribution in [0, 0.1) is 11.8 Å². The van der Waals surface area contributed by atoms with Crippen LogP contribution in [-0.4, -0.2) is 19.6 Å². The zero-order chi connectivity index (χ0) is 7.56. The summed E-state index contributed by atoms with van der Waals surface area (Å²) in [6.45, 7) is 0.428. The maximum absolute atomic E-state index is 10.9. The first-order valence-electron chi connectivity index (χ1n) is 3.57. The lowest BCUT2D eigenvalue weighted by atomic mass is 10.1. The average molecular weight is 143 g/mol. The van der Waals surface area contributed by atoms with Crippen molar-refractivity contribution in [1.82, 2.24) is 0 Å². The van der Waals surface area contributed by atoms with Crippen LogP contribution >= 0.6 is 0 Å². The highest BCUT2D eigenvalue weighted by molar-refractivity contribution is 5.73. The highest BCUT2D eigenvalue weighted by atomic mass is 16.5. The van der Waals surface area contributed by atoms with Crippen LogP contribution in [0.2, 0.25) is 0 Å². The molecule has 1 saturated carbocycles. The molecule has 2 N–H and O–H groups in total. The summed E-state index contributed by atoms with van der Waals surface area (Å²) in [5.74, 6) is 0.326. The van der Waals surface area contributed by atoms with Gasteiger partial charge in [-0.3, -0.25) is 4.79 Å². The minimum atomic E-state index is -0.148. The molecule has 1 aliphatic carbocycles. The number of esters is 1. The Morgan fingerprint density at radius 1 is 1.80 bits per heavy atom. The number of nitrogens with two attached hydrogens (primary N) is 1. The smallest absolute Gasteiger partial charge is 0.310 e. The van der Waals surface area contributed by atoms with Gasteiger partial charge in [-0.05, 0) is 18.8 Å². The summed E-state index contributed by atoms with van der Waals surface area (Å²) in [5, 5.41) is 0. The highest BCUT2D eigenvalue weighted by Crippen LogP contribution is 2.36. The number of ether oxygens (including phenoxy) is 1. The number of methoxy groups -OCH3 is 1.